The van der Waals surface area contributed by atoms with Gasteiger partial charge in [-0.05, 0) is 76.5 Å². The molecule has 2 aromatic rings. The fourth-order valence-electron chi connectivity index (χ4n) is 4.42. The Kier molecular flexibility index (Phi) is 7.80. The summed E-state index contributed by atoms with van der Waals surface area (Å²) >= 11 is 0. The third-order valence-corrected chi connectivity index (χ3v) is 6.11. The van der Waals surface area contributed by atoms with E-state index in [1.54, 1.807) is 4.90 Å². The summed E-state index contributed by atoms with van der Waals surface area (Å²) in [6.45, 7) is 9.97. The van der Waals surface area contributed by atoms with E-state index in [0.717, 1.165) is 36.6 Å². The average Bonchev–Trinajstić information content (AvgIpc) is 3.33. The fraction of sp³-hybridized carbons (Fsp3) is 0.481. The van der Waals surface area contributed by atoms with Crippen LogP contribution in [0.25, 0.3) is 0 Å². The maximum Gasteiger partial charge on any atom is 0.407 e. The molecule has 2 aromatic carbocycles. The van der Waals surface area contributed by atoms with Crippen LogP contribution >= 0.6 is 0 Å². The van der Waals surface area contributed by atoms with E-state index in [0.29, 0.717) is 18.7 Å². The number of ether oxygens (including phenoxy) is 2. The van der Waals surface area contributed by atoms with Crippen LogP contribution in [0.1, 0.15) is 55.7 Å². The summed E-state index contributed by atoms with van der Waals surface area (Å²) in [5.74, 6) is 0.731. The zero-order chi connectivity index (χ0) is 24.8. The van der Waals surface area contributed by atoms with E-state index in [1.807, 2.05) is 69.3 Å². The number of carbonyl (C=O) groups is 2. The molecule has 1 atom stereocenters. The number of carbonyl (C=O) groups excluding carboxylic acids is 2. The van der Waals surface area contributed by atoms with Crippen molar-refractivity contribution in [2.24, 2.45) is 0 Å². The van der Waals surface area contributed by atoms with Crippen LogP contribution < -0.4 is 15.4 Å². The molecule has 0 unspecified atom stereocenters. The Hall–Kier alpha value is -3.26. The van der Waals surface area contributed by atoms with Crippen LogP contribution in [0.4, 0.5) is 10.5 Å². The highest BCUT2D eigenvalue weighted by Gasteiger charge is 2.32. The monoisotopic (exact) mass is 480 g/mol. The van der Waals surface area contributed by atoms with Crippen LogP contribution in [0.5, 0.6) is 5.75 Å². The van der Waals surface area contributed by atoms with Gasteiger partial charge in [-0.1, -0.05) is 24.3 Å². The van der Waals surface area contributed by atoms with Gasteiger partial charge in [0.15, 0.2) is 0 Å². The van der Waals surface area contributed by atoms with Crippen LogP contribution in [0.15, 0.2) is 48.5 Å². The van der Waals surface area contributed by atoms with Crippen LogP contribution in [-0.4, -0.2) is 66.7 Å². The molecule has 0 aromatic heterocycles. The summed E-state index contributed by atoms with van der Waals surface area (Å²) in [6, 6.07) is 15.3. The zero-order valence-corrected chi connectivity index (χ0v) is 20.9. The molecule has 188 valence electrons. The smallest absolute Gasteiger partial charge is 0.407 e. The standard InChI is InChI=1S/C27H36N4O4/c1-27(2,3)35-26(33)28-14-17-31-24(29-23-9-5-4-8-22(23)25(31)32)20-10-12-21(13-11-20)34-19-18-30-15-6-7-16-30/h4-5,8-13,24,29H,6-7,14-19H2,1-3H3,(H,28,33)/t24-/m0/s1. The number of amides is 2. The number of hydrogen-bond donors (Lipinski definition) is 2. The largest absolute Gasteiger partial charge is 0.492 e. The molecule has 2 N–H and O–H groups in total. The van der Waals surface area contributed by atoms with Crippen LogP contribution in [0, 0.1) is 0 Å². The Labute approximate surface area is 207 Å². The number of para-hydroxylation sites is 1. The number of hydrogen-bond acceptors (Lipinski definition) is 6. The van der Waals surface area contributed by atoms with Gasteiger partial charge in [-0.2, -0.15) is 0 Å². The average molecular weight is 481 g/mol. The van der Waals surface area contributed by atoms with Crippen molar-refractivity contribution in [3.63, 3.8) is 0 Å². The van der Waals surface area contributed by atoms with Crippen molar-refractivity contribution in [2.75, 3.05) is 44.6 Å². The molecule has 2 heterocycles. The number of fused-ring (bicyclic) bond motifs is 1. The summed E-state index contributed by atoms with van der Waals surface area (Å²) < 4.78 is 11.3. The summed E-state index contributed by atoms with van der Waals surface area (Å²) in [7, 11) is 0. The number of benzene rings is 2. The van der Waals surface area contributed by atoms with Gasteiger partial charge in [0, 0.05) is 25.3 Å². The quantitative estimate of drug-likeness (QED) is 0.588. The summed E-state index contributed by atoms with van der Waals surface area (Å²) in [5.41, 5.74) is 1.77. The predicted octanol–water partition coefficient (Wildman–Crippen LogP) is 4.25. The van der Waals surface area contributed by atoms with Crippen LogP contribution in [-0.2, 0) is 4.74 Å². The highest BCUT2D eigenvalue weighted by Crippen LogP contribution is 2.33. The molecule has 4 rings (SSSR count). The van der Waals surface area contributed by atoms with Crippen molar-refractivity contribution in [3.8, 4) is 5.75 Å². The topological polar surface area (TPSA) is 83.1 Å². The number of nitrogens with one attached hydrogen (secondary N) is 2. The number of alkyl carbamates (subject to hydrolysis) is 1. The van der Waals surface area contributed by atoms with E-state index in [4.69, 9.17) is 9.47 Å². The Morgan fingerprint density at radius 1 is 1.06 bits per heavy atom. The molecule has 1 fully saturated rings. The Morgan fingerprint density at radius 3 is 2.49 bits per heavy atom. The van der Waals surface area contributed by atoms with Crippen molar-refractivity contribution in [2.45, 2.75) is 45.4 Å². The fourth-order valence-corrected chi connectivity index (χ4v) is 4.42. The lowest BCUT2D eigenvalue weighted by Crippen LogP contribution is -2.46. The van der Waals surface area contributed by atoms with Gasteiger partial charge in [0.2, 0.25) is 0 Å². The highest BCUT2D eigenvalue weighted by molar-refractivity contribution is 6.01. The van der Waals surface area contributed by atoms with Gasteiger partial charge in [0.25, 0.3) is 5.91 Å². The Morgan fingerprint density at radius 2 is 1.77 bits per heavy atom. The lowest BCUT2D eigenvalue weighted by Gasteiger charge is -2.38. The lowest BCUT2D eigenvalue weighted by molar-refractivity contribution is 0.0504. The third-order valence-electron chi connectivity index (χ3n) is 6.11. The van der Waals surface area contributed by atoms with Crippen molar-refractivity contribution >= 4 is 17.7 Å². The van der Waals surface area contributed by atoms with Gasteiger partial charge in [-0.25, -0.2) is 4.79 Å². The second kappa shape index (κ2) is 11.0. The van der Waals surface area contributed by atoms with Crippen LogP contribution in [0.3, 0.4) is 0 Å². The first-order valence-electron chi connectivity index (χ1n) is 12.4. The Balaban J connectivity index is 1.42. The molecule has 0 aliphatic carbocycles. The van der Waals surface area contributed by atoms with Gasteiger partial charge in [0.05, 0.1) is 5.56 Å². The number of anilines is 1. The lowest BCUT2D eigenvalue weighted by atomic mass is 10.0. The first-order valence-corrected chi connectivity index (χ1v) is 12.4. The second-order valence-corrected chi connectivity index (χ2v) is 9.99. The van der Waals surface area contributed by atoms with E-state index < -0.39 is 11.7 Å². The first-order chi connectivity index (χ1) is 16.8. The van der Waals surface area contributed by atoms with Gasteiger partial charge in [-0.15, -0.1) is 0 Å². The molecule has 0 radical (unpaired) electrons. The molecule has 0 bridgehead atoms. The summed E-state index contributed by atoms with van der Waals surface area (Å²) in [6.07, 6.45) is 1.68. The van der Waals surface area contributed by atoms with Crippen molar-refractivity contribution < 1.29 is 19.1 Å². The van der Waals surface area contributed by atoms with Crippen molar-refractivity contribution in [1.82, 2.24) is 15.1 Å². The maximum absolute atomic E-state index is 13.4. The van der Waals surface area contributed by atoms with Gasteiger partial charge in [0.1, 0.15) is 24.1 Å². The second-order valence-electron chi connectivity index (χ2n) is 9.99. The molecule has 0 spiro atoms. The number of likely N-dealkylation sites (tertiary alicyclic amines) is 1. The van der Waals surface area contributed by atoms with Crippen molar-refractivity contribution in [1.29, 1.82) is 0 Å². The Bertz CT molecular complexity index is 1010. The molecule has 2 amide bonds. The molecule has 1 saturated heterocycles. The van der Waals surface area contributed by atoms with E-state index in [-0.39, 0.29) is 18.6 Å². The molecule has 8 heteroatoms. The molecule has 8 nitrogen and oxygen atoms in total. The van der Waals surface area contributed by atoms with Crippen LogP contribution in [0.2, 0.25) is 0 Å². The maximum atomic E-state index is 13.4. The molecular weight excluding hydrogens is 444 g/mol. The minimum absolute atomic E-state index is 0.0821. The first kappa shape index (κ1) is 24.9. The minimum atomic E-state index is -0.577. The normalized spacial score (nSPS) is 18.1. The van der Waals surface area contributed by atoms with E-state index >= 15 is 0 Å². The molecular formula is C27H36N4O4. The third kappa shape index (κ3) is 6.66. The van der Waals surface area contributed by atoms with E-state index in [9.17, 15) is 9.59 Å². The van der Waals surface area contributed by atoms with E-state index in [2.05, 4.69) is 15.5 Å². The van der Waals surface area contributed by atoms with Gasteiger partial charge in [-0.3, -0.25) is 9.69 Å². The SMILES string of the molecule is CC(C)(C)OC(=O)NCCN1C(=O)c2ccccc2N[C@@H]1c1ccc(OCCN2CCCC2)cc1. The zero-order valence-electron chi connectivity index (χ0n) is 20.9. The van der Waals surface area contributed by atoms with E-state index in [1.165, 1.54) is 12.8 Å². The van der Waals surface area contributed by atoms with Crippen molar-refractivity contribution in [3.05, 3.63) is 59.7 Å². The molecule has 0 saturated carbocycles. The molecule has 2 aliphatic heterocycles. The minimum Gasteiger partial charge on any atom is -0.492 e. The number of nitrogens with zero attached hydrogens (tertiary/aromatic N) is 2. The predicted molar refractivity (Wildman–Crippen MR) is 136 cm³/mol. The van der Waals surface area contributed by atoms with Gasteiger partial charge >= 0.3 is 6.09 Å². The highest BCUT2D eigenvalue weighted by atomic mass is 16.6. The molecule has 35 heavy (non-hydrogen) atoms. The summed E-state index contributed by atoms with van der Waals surface area (Å²) in [4.78, 5) is 29.6. The summed E-state index contributed by atoms with van der Waals surface area (Å²) in [5, 5.41) is 6.24. The number of rotatable bonds is 8. The molecule has 2 aliphatic rings. The van der Waals surface area contributed by atoms with Gasteiger partial charge < -0.3 is 25.0 Å².